The van der Waals surface area contributed by atoms with Crippen LogP contribution in [0.2, 0.25) is 0 Å². The second-order valence-electron chi connectivity index (χ2n) is 5.41. The number of benzene rings is 1. The Bertz CT molecular complexity index is 512. The minimum Gasteiger partial charge on any atom is -0.399 e. The minimum absolute atomic E-state index is 0.0158. The lowest BCUT2D eigenvalue weighted by molar-refractivity contribution is 0.345. The topological polar surface area (TPSA) is 63.4 Å². The van der Waals surface area contributed by atoms with Gasteiger partial charge in [0.05, 0.1) is 5.75 Å². The van der Waals surface area contributed by atoms with E-state index in [1.807, 2.05) is 13.8 Å². The lowest BCUT2D eigenvalue weighted by atomic mass is 10.2. The van der Waals surface area contributed by atoms with E-state index in [-0.39, 0.29) is 11.8 Å². The Morgan fingerprint density at radius 2 is 1.95 bits per heavy atom. The number of hydrogen-bond acceptors (Lipinski definition) is 3. The highest BCUT2D eigenvalue weighted by Gasteiger charge is 2.24. The summed E-state index contributed by atoms with van der Waals surface area (Å²) >= 11 is 0. The first-order valence-electron chi connectivity index (χ1n) is 7.20. The van der Waals surface area contributed by atoms with Crippen LogP contribution in [0.3, 0.4) is 0 Å². The van der Waals surface area contributed by atoms with Crippen LogP contribution in [0.5, 0.6) is 0 Å². The van der Waals surface area contributed by atoms with Crippen molar-refractivity contribution in [2.75, 3.05) is 12.3 Å². The van der Waals surface area contributed by atoms with Crippen LogP contribution < -0.4 is 5.73 Å². The van der Waals surface area contributed by atoms with E-state index in [9.17, 15) is 8.42 Å². The van der Waals surface area contributed by atoms with Gasteiger partial charge < -0.3 is 5.73 Å². The maximum absolute atomic E-state index is 12.5. The SMILES string of the molecule is CCCCCN(C(C)C)S(=O)(=O)Cc1cccc(N)c1. The van der Waals surface area contributed by atoms with E-state index < -0.39 is 10.0 Å². The lowest BCUT2D eigenvalue weighted by Crippen LogP contribution is -2.38. The summed E-state index contributed by atoms with van der Waals surface area (Å²) in [5.41, 5.74) is 7.04. The van der Waals surface area contributed by atoms with Crippen molar-refractivity contribution in [3.8, 4) is 0 Å². The molecule has 0 aliphatic carbocycles. The van der Waals surface area contributed by atoms with Crippen LogP contribution >= 0.6 is 0 Å². The molecule has 0 saturated heterocycles. The summed E-state index contributed by atoms with van der Waals surface area (Å²) < 4.78 is 26.7. The quantitative estimate of drug-likeness (QED) is 0.593. The summed E-state index contributed by atoms with van der Waals surface area (Å²) in [4.78, 5) is 0. The first kappa shape index (κ1) is 17.0. The molecule has 1 aromatic carbocycles. The molecular weight excluding hydrogens is 272 g/mol. The normalized spacial score (nSPS) is 12.2. The number of sulfonamides is 1. The lowest BCUT2D eigenvalue weighted by Gasteiger charge is -2.26. The van der Waals surface area contributed by atoms with Gasteiger partial charge >= 0.3 is 0 Å². The number of hydrogen-bond donors (Lipinski definition) is 1. The third-order valence-electron chi connectivity index (χ3n) is 3.22. The van der Waals surface area contributed by atoms with Crippen molar-refractivity contribution in [2.45, 2.75) is 51.8 Å². The van der Waals surface area contributed by atoms with Gasteiger partial charge in [-0.25, -0.2) is 8.42 Å². The fourth-order valence-corrected chi connectivity index (χ4v) is 4.03. The van der Waals surface area contributed by atoms with Gasteiger partial charge in [0.1, 0.15) is 0 Å². The number of rotatable bonds is 8. The molecule has 0 aromatic heterocycles. The molecule has 0 radical (unpaired) electrons. The monoisotopic (exact) mass is 298 g/mol. The third-order valence-corrected chi connectivity index (χ3v) is 5.23. The first-order valence-corrected chi connectivity index (χ1v) is 8.81. The molecule has 2 N–H and O–H groups in total. The second-order valence-corrected chi connectivity index (χ2v) is 7.33. The van der Waals surface area contributed by atoms with Crippen molar-refractivity contribution in [2.24, 2.45) is 0 Å². The van der Waals surface area contributed by atoms with Gasteiger partial charge in [-0.3, -0.25) is 0 Å². The number of nitrogen functional groups attached to an aromatic ring is 1. The van der Waals surface area contributed by atoms with Crippen LogP contribution in [0.1, 0.15) is 45.6 Å². The number of anilines is 1. The Balaban J connectivity index is 2.82. The van der Waals surface area contributed by atoms with Crippen LogP contribution in [-0.2, 0) is 15.8 Å². The number of unbranched alkanes of at least 4 members (excludes halogenated alkanes) is 2. The highest BCUT2D eigenvalue weighted by atomic mass is 32.2. The smallest absolute Gasteiger partial charge is 0.218 e. The number of nitrogens with zero attached hydrogens (tertiary/aromatic N) is 1. The van der Waals surface area contributed by atoms with Gasteiger partial charge in [0.25, 0.3) is 0 Å². The van der Waals surface area contributed by atoms with E-state index in [4.69, 9.17) is 5.73 Å². The zero-order valence-electron chi connectivity index (χ0n) is 12.7. The molecule has 0 fully saturated rings. The van der Waals surface area contributed by atoms with Gasteiger partial charge in [-0.15, -0.1) is 0 Å². The van der Waals surface area contributed by atoms with Crippen molar-refractivity contribution < 1.29 is 8.42 Å². The van der Waals surface area contributed by atoms with Crippen molar-refractivity contribution in [3.05, 3.63) is 29.8 Å². The average Bonchev–Trinajstić information content (AvgIpc) is 2.33. The van der Waals surface area contributed by atoms with E-state index in [1.165, 1.54) is 0 Å². The molecule has 1 rings (SSSR count). The van der Waals surface area contributed by atoms with Crippen LogP contribution in [0.15, 0.2) is 24.3 Å². The number of nitrogens with two attached hydrogens (primary N) is 1. The molecule has 0 aliphatic rings. The summed E-state index contributed by atoms with van der Waals surface area (Å²) in [6, 6.07) is 7.06. The van der Waals surface area contributed by atoms with E-state index in [0.29, 0.717) is 12.2 Å². The predicted octanol–water partition coefficient (Wildman–Crippen LogP) is 3.00. The van der Waals surface area contributed by atoms with Crippen LogP contribution in [0, 0.1) is 0 Å². The van der Waals surface area contributed by atoms with Gasteiger partial charge in [0, 0.05) is 18.3 Å². The molecular formula is C15H26N2O2S. The zero-order valence-corrected chi connectivity index (χ0v) is 13.5. The molecule has 0 aliphatic heterocycles. The highest BCUT2D eigenvalue weighted by Crippen LogP contribution is 2.17. The van der Waals surface area contributed by atoms with Gasteiger partial charge in [-0.2, -0.15) is 4.31 Å². The standard InChI is InChI=1S/C15H26N2O2S/c1-4-5-6-10-17(13(2)3)20(18,19)12-14-8-7-9-15(16)11-14/h7-9,11,13H,4-6,10,12,16H2,1-3H3. The van der Waals surface area contributed by atoms with Crippen molar-refractivity contribution in [1.82, 2.24) is 4.31 Å². The molecule has 0 spiro atoms. The predicted molar refractivity (Wildman–Crippen MR) is 84.8 cm³/mol. The van der Waals surface area contributed by atoms with Crippen molar-refractivity contribution in [1.29, 1.82) is 0 Å². The van der Waals surface area contributed by atoms with Gasteiger partial charge in [0.15, 0.2) is 0 Å². The van der Waals surface area contributed by atoms with E-state index in [1.54, 1.807) is 28.6 Å². The summed E-state index contributed by atoms with van der Waals surface area (Å²) in [6.45, 7) is 6.54. The zero-order chi connectivity index (χ0) is 15.2. The van der Waals surface area contributed by atoms with Crippen molar-refractivity contribution in [3.63, 3.8) is 0 Å². The Hall–Kier alpha value is -1.07. The molecule has 4 nitrogen and oxygen atoms in total. The third kappa shape index (κ3) is 5.13. The van der Waals surface area contributed by atoms with Gasteiger partial charge in [-0.05, 0) is 38.0 Å². The molecule has 0 heterocycles. The largest absolute Gasteiger partial charge is 0.399 e. The van der Waals surface area contributed by atoms with Gasteiger partial charge in [0.2, 0.25) is 10.0 Å². The molecule has 1 aromatic rings. The van der Waals surface area contributed by atoms with Gasteiger partial charge in [-0.1, -0.05) is 31.9 Å². The molecule has 0 saturated carbocycles. The summed E-state index contributed by atoms with van der Waals surface area (Å²) in [5.74, 6) is 0.0162. The maximum atomic E-state index is 12.5. The summed E-state index contributed by atoms with van der Waals surface area (Å²) in [7, 11) is -3.29. The van der Waals surface area contributed by atoms with E-state index in [2.05, 4.69) is 6.92 Å². The summed E-state index contributed by atoms with van der Waals surface area (Å²) in [6.07, 6.45) is 3.04. The molecule has 0 atom stereocenters. The maximum Gasteiger partial charge on any atom is 0.218 e. The molecule has 0 amide bonds. The Morgan fingerprint density at radius 1 is 1.25 bits per heavy atom. The molecule has 114 valence electrons. The van der Waals surface area contributed by atoms with E-state index in [0.717, 1.165) is 24.8 Å². The molecule has 0 unspecified atom stereocenters. The van der Waals surface area contributed by atoms with Crippen LogP contribution in [0.25, 0.3) is 0 Å². The van der Waals surface area contributed by atoms with Crippen molar-refractivity contribution >= 4 is 15.7 Å². The van der Waals surface area contributed by atoms with Crippen LogP contribution in [0.4, 0.5) is 5.69 Å². The Kier molecular flexibility index (Phi) is 6.49. The minimum atomic E-state index is -3.29. The highest BCUT2D eigenvalue weighted by molar-refractivity contribution is 7.88. The molecule has 0 bridgehead atoms. The van der Waals surface area contributed by atoms with Crippen LogP contribution in [-0.4, -0.2) is 25.3 Å². The fourth-order valence-electron chi connectivity index (χ4n) is 2.21. The first-order chi connectivity index (χ1) is 9.36. The van der Waals surface area contributed by atoms with E-state index >= 15 is 0 Å². The summed E-state index contributed by atoms with van der Waals surface area (Å²) in [5, 5.41) is 0. The fraction of sp³-hybridized carbons (Fsp3) is 0.600. The Labute approximate surface area is 123 Å². The molecule has 5 heteroatoms. The molecule has 20 heavy (non-hydrogen) atoms. The second kappa shape index (κ2) is 7.64. The Morgan fingerprint density at radius 3 is 2.50 bits per heavy atom. The average molecular weight is 298 g/mol.